The minimum absolute atomic E-state index is 0.0383. The summed E-state index contributed by atoms with van der Waals surface area (Å²) in [6, 6.07) is 0. The Labute approximate surface area is 182 Å². The van der Waals surface area contributed by atoms with Gasteiger partial charge in [-0.05, 0) is 6.92 Å². The quantitative estimate of drug-likeness (QED) is 0.265. The molecule has 0 bridgehead atoms. The normalized spacial score (nSPS) is 29.1. The second kappa shape index (κ2) is 8.70. The van der Waals surface area contributed by atoms with E-state index in [0.29, 0.717) is 5.82 Å². The van der Waals surface area contributed by atoms with Gasteiger partial charge in [0.15, 0.2) is 17.4 Å². The van der Waals surface area contributed by atoms with E-state index in [9.17, 15) is 28.3 Å². The number of aryl methyl sites for hydroxylation is 1. The molecule has 5 N–H and O–H groups in total. The average molecular weight is 534 g/mol. The lowest BCUT2D eigenvalue weighted by Gasteiger charge is -2.20. The number of phosphoric ester groups is 1. The Hall–Kier alpha value is -1.36. The molecule has 2 aromatic rings. The first-order chi connectivity index (χ1) is 15.2. The summed E-state index contributed by atoms with van der Waals surface area (Å²) in [7, 11) is -16.5. The molecule has 6 atom stereocenters. The Morgan fingerprint density at radius 2 is 1.85 bits per heavy atom. The highest BCUT2D eigenvalue weighted by atomic mass is 31.3. The molecule has 0 spiro atoms. The summed E-state index contributed by atoms with van der Waals surface area (Å²) in [5.41, 5.74) is -0.251. The van der Waals surface area contributed by atoms with E-state index in [1.807, 2.05) is 0 Å². The van der Waals surface area contributed by atoms with Gasteiger partial charge < -0.3 is 38.8 Å². The highest BCUT2D eigenvalue weighted by Crippen LogP contribution is 2.66. The second-order valence-electron chi connectivity index (χ2n) is 6.81. The lowest BCUT2D eigenvalue weighted by molar-refractivity contribution is -0.107. The van der Waals surface area contributed by atoms with Crippen LogP contribution in [0.1, 0.15) is 12.1 Å². The van der Waals surface area contributed by atoms with Crippen molar-refractivity contribution in [1.29, 1.82) is 0 Å². The van der Waals surface area contributed by atoms with Gasteiger partial charge in [-0.15, -0.1) is 0 Å². The number of H-pyrrole nitrogens is 1. The van der Waals surface area contributed by atoms with Crippen LogP contribution in [0.3, 0.4) is 0 Å². The predicted octanol–water partition coefficient (Wildman–Crippen LogP) is -0.590. The Kier molecular flexibility index (Phi) is 6.52. The van der Waals surface area contributed by atoms with Crippen LogP contribution >= 0.6 is 23.5 Å². The van der Waals surface area contributed by atoms with Crippen LogP contribution < -0.4 is 5.56 Å². The maximum absolute atomic E-state index is 12.1. The van der Waals surface area contributed by atoms with E-state index < -0.39 is 60.2 Å². The number of rotatable bonds is 8. The van der Waals surface area contributed by atoms with Gasteiger partial charge in [-0.3, -0.25) is 13.9 Å². The molecule has 4 rings (SSSR count). The maximum atomic E-state index is 12.1. The van der Waals surface area contributed by atoms with E-state index in [2.05, 4.69) is 28.1 Å². The van der Waals surface area contributed by atoms with E-state index >= 15 is 0 Å². The molecule has 18 nitrogen and oxygen atoms in total. The third-order valence-corrected chi connectivity index (χ3v) is 8.25. The van der Waals surface area contributed by atoms with Gasteiger partial charge in [0, 0.05) is 0 Å². The summed E-state index contributed by atoms with van der Waals surface area (Å²) >= 11 is 0. The second-order valence-corrected chi connectivity index (χ2v) is 11.2. The molecule has 4 heterocycles. The van der Waals surface area contributed by atoms with E-state index in [0.717, 1.165) is 0 Å². The molecule has 0 aromatic carbocycles. The van der Waals surface area contributed by atoms with Crippen LogP contribution in [0.2, 0.25) is 0 Å². The number of hydrogen-bond acceptors (Lipinski definition) is 12. The largest absolute Gasteiger partial charge is 0.490 e. The van der Waals surface area contributed by atoms with Crippen LogP contribution in [0.4, 0.5) is 0 Å². The zero-order chi connectivity index (χ0) is 24.2. The summed E-state index contributed by atoms with van der Waals surface area (Å²) in [5, 5.41) is 0. The van der Waals surface area contributed by atoms with Crippen molar-refractivity contribution in [2.24, 2.45) is 0 Å². The van der Waals surface area contributed by atoms with Gasteiger partial charge >= 0.3 is 23.5 Å². The topological polar surface area (TPSA) is 251 Å². The first-order valence-corrected chi connectivity index (χ1v) is 13.4. The highest BCUT2D eigenvalue weighted by Gasteiger charge is 2.52. The first kappa shape index (κ1) is 24.8. The summed E-state index contributed by atoms with van der Waals surface area (Å²) in [4.78, 5) is 58.8. The fourth-order valence-corrected chi connectivity index (χ4v) is 6.36. The van der Waals surface area contributed by atoms with E-state index in [1.165, 1.54) is 10.9 Å². The van der Waals surface area contributed by atoms with Crippen LogP contribution in [0, 0.1) is 6.92 Å². The number of aromatic nitrogens is 4. The minimum Gasteiger partial charge on any atom is -0.347 e. The van der Waals surface area contributed by atoms with Gasteiger partial charge in [-0.25, -0.2) is 23.7 Å². The molecule has 2 aliphatic rings. The lowest BCUT2D eigenvalue weighted by Crippen LogP contribution is -2.31. The Morgan fingerprint density at radius 1 is 1.15 bits per heavy atom. The molecule has 2 aliphatic heterocycles. The lowest BCUT2D eigenvalue weighted by atomic mass is 10.1. The number of imidazole rings is 1. The molecular formula is C12H17N4O14P3. The summed E-state index contributed by atoms with van der Waals surface area (Å²) in [5.74, 6) is 0.316. The molecule has 184 valence electrons. The average Bonchev–Trinajstić information content (AvgIpc) is 3.31. The first-order valence-electron chi connectivity index (χ1n) is 8.85. The fourth-order valence-electron chi connectivity index (χ4n) is 3.33. The van der Waals surface area contributed by atoms with Crippen LogP contribution in [-0.2, 0) is 41.1 Å². The van der Waals surface area contributed by atoms with Crippen molar-refractivity contribution in [3.8, 4) is 0 Å². The zero-order valence-electron chi connectivity index (χ0n) is 16.4. The Balaban J connectivity index is 1.50. The number of nitrogens with one attached hydrogen (secondary N) is 1. The highest BCUT2D eigenvalue weighted by molar-refractivity contribution is 7.66. The molecule has 3 unspecified atom stereocenters. The standard InChI is InChI=1S/C12H17N4O14P3/c1-5-14-10-7(11(17)15-5)13-3-16(10)12-9-8(25-4-26-9)6(28-12)2-27-32(21,22)30-33(23,24)29-31(18,19)20/h3,6,8-9,12H,2,4H2,1H3,(H,21,22)(H,23,24)(H,14,15,17)(H2,18,19,20)/t6-,8+,9?,12-/m1/s1. The monoisotopic (exact) mass is 534 g/mol. The number of fused-ring (bicyclic) bond motifs is 2. The summed E-state index contributed by atoms with van der Waals surface area (Å²) in [6.07, 6.45) is -2.32. The maximum Gasteiger partial charge on any atom is 0.490 e. The third-order valence-electron chi connectivity index (χ3n) is 4.45. The van der Waals surface area contributed by atoms with Gasteiger partial charge in [0.25, 0.3) is 5.56 Å². The molecule has 0 radical (unpaired) electrons. The third kappa shape index (κ3) is 5.49. The van der Waals surface area contributed by atoms with E-state index in [1.54, 1.807) is 6.92 Å². The molecule has 0 aliphatic carbocycles. The molecular weight excluding hydrogens is 517 g/mol. The van der Waals surface area contributed by atoms with Crippen molar-refractivity contribution >= 4 is 34.6 Å². The van der Waals surface area contributed by atoms with Crippen molar-refractivity contribution in [2.75, 3.05) is 13.4 Å². The molecule has 2 aromatic heterocycles. The van der Waals surface area contributed by atoms with Crippen molar-refractivity contribution in [3.05, 3.63) is 22.5 Å². The molecule has 0 amide bonds. The van der Waals surface area contributed by atoms with Gasteiger partial charge in [0.1, 0.15) is 30.9 Å². The molecule has 2 fully saturated rings. The summed E-state index contributed by atoms with van der Waals surface area (Å²) in [6.45, 7) is 0.683. The van der Waals surface area contributed by atoms with Gasteiger partial charge in [0.2, 0.25) is 0 Å². The zero-order valence-corrected chi connectivity index (χ0v) is 19.0. The van der Waals surface area contributed by atoms with Gasteiger partial charge in [-0.1, -0.05) is 0 Å². The van der Waals surface area contributed by atoms with Gasteiger partial charge in [0.05, 0.1) is 12.9 Å². The van der Waals surface area contributed by atoms with Crippen molar-refractivity contribution in [3.63, 3.8) is 0 Å². The minimum atomic E-state index is -5.66. The summed E-state index contributed by atoms with van der Waals surface area (Å²) < 4.78 is 64.2. The van der Waals surface area contributed by atoms with E-state index in [-0.39, 0.29) is 18.0 Å². The van der Waals surface area contributed by atoms with Crippen LogP contribution in [0.5, 0.6) is 0 Å². The molecule has 0 saturated carbocycles. The molecule has 33 heavy (non-hydrogen) atoms. The van der Waals surface area contributed by atoms with Crippen molar-refractivity contribution in [2.45, 2.75) is 31.5 Å². The predicted molar refractivity (Wildman–Crippen MR) is 101 cm³/mol. The number of hydrogen-bond donors (Lipinski definition) is 5. The number of aromatic amines is 1. The number of phosphoric acid groups is 3. The van der Waals surface area contributed by atoms with Crippen molar-refractivity contribution in [1.82, 2.24) is 19.5 Å². The van der Waals surface area contributed by atoms with Crippen LogP contribution in [-0.4, -0.2) is 70.8 Å². The van der Waals surface area contributed by atoms with Crippen LogP contribution in [0.15, 0.2) is 11.1 Å². The van der Waals surface area contributed by atoms with E-state index in [4.69, 9.17) is 24.0 Å². The molecule has 21 heteroatoms. The Morgan fingerprint density at radius 3 is 2.55 bits per heavy atom. The Bertz CT molecular complexity index is 1260. The van der Waals surface area contributed by atoms with Gasteiger partial charge in [-0.2, -0.15) is 8.62 Å². The number of nitrogens with zero attached hydrogens (tertiary/aromatic N) is 3. The smallest absolute Gasteiger partial charge is 0.347 e. The SMILES string of the molecule is Cc1nc2c(ncn2[C@@H]2O[C@H](COP(=O)(O)OP(=O)(O)OP(=O)(O)O)[C@@H]3OCOC32)c(=O)[nH]1. The molecule has 2 saturated heterocycles. The van der Waals surface area contributed by atoms with Crippen molar-refractivity contribution < 1.29 is 60.6 Å². The van der Waals surface area contributed by atoms with Crippen LogP contribution in [0.25, 0.3) is 11.2 Å². The number of ether oxygens (including phenoxy) is 3. The fraction of sp³-hybridized carbons (Fsp3) is 0.583.